The van der Waals surface area contributed by atoms with Gasteiger partial charge in [-0.15, -0.1) is 0 Å². The van der Waals surface area contributed by atoms with E-state index in [1.54, 1.807) is 0 Å². The molecule has 0 aromatic heterocycles. The predicted octanol–water partition coefficient (Wildman–Crippen LogP) is 2.97. The lowest BCUT2D eigenvalue weighted by atomic mass is 10.1. The van der Waals surface area contributed by atoms with Gasteiger partial charge in [0.15, 0.2) is 5.78 Å². The Morgan fingerprint density at radius 2 is 1.63 bits per heavy atom. The van der Waals surface area contributed by atoms with Crippen molar-refractivity contribution in [3.63, 3.8) is 0 Å². The highest BCUT2D eigenvalue weighted by Gasteiger charge is 2.10. The Morgan fingerprint density at radius 1 is 1.05 bits per heavy atom. The fourth-order valence-corrected chi connectivity index (χ4v) is 1.69. The maximum Gasteiger partial charge on any atom is 0.158 e. The lowest BCUT2D eigenvalue weighted by Gasteiger charge is -2.08. The normalized spacial score (nSPS) is 11.9. The van der Waals surface area contributed by atoms with Crippen LogP contribution in [0.4, 0.5) is 0 Å². The Kier molecular flexibility index (Phi) is 4.31. The fraction of sp³-hybridized carbons (Fsp3) is 0.188. The van der Waals surface area contributed by atoms with Crippen molar-refractivity contribution in [2.75, 3.05) is 0 Å². The van der Waals surface area contributed by atoms with Gasteiger partial charge in [-0.05, 0) is 36.8 Å². The van der Waals surface area contributed by atoms with Gasteiger partial charge in [0.1, 0.15) is 17.6 Å². The quantitative estimate of drug-likeness (QED) is 0.894. The number of rotatable bonds is 5. The van der Waals surface area contributed by atoms with Crippen LogP contribution in [0.1, 0.15) is 12.5 Å². The highest BCUT2D eigenvalue weighted by atomic mass is 16.5. The van der Waals surface area contributed by atoms with Crippen molar-refractivity contribution in [1.29, 1.82) is 0 Å². The van der Waals surface area contributed by atoms with Crippen molar-refractivity contribution >= 4 is 5.78 Å². The molecule has 2 rings (SSSR count). The fourth-order valence-electron chi connectivity index (χ4n) is 1.69. The third kappa shape index (κ3) is 3.93. The molecule has 98 valence electrons. The van der Waals surface area contributed by atoms with Gasteiger partial charge in [0.2, 0.25) is 0 Å². The van der Waals surface area contributed by atoms with Crippen LogP contribution in [0.2, 0.25) is 0 Å². The molecule has 1 atom stereocenters. The van der Waals surface area contributed by atoms with E-state index in [2.05, 4.69) is 0 Å². The summed E-state index contributed by atoms with van der Waals surface area (Å²) in [6, 6.07) is 16.9. The summed E-state index contributed by atoms with van der Waals surface area (Å²) in [5.41, 5.74) is 0.906. The molecule has 0 aliphatic heterocycles. The van der Waals surface area contributed by atoms with Crippen molar-refractivity contribution in [1.82, 2.24) is 0 Å². The molecule has 0 aliphatic rings. The highest BCUT2D eigenvalue weighted by molar-refractivity contribution is 5.80. The highest BCUT2D eigenvalue weighted by Crippen LogP contribution is 2.21. The standard InChI is InChI=1S/C16H16O3/c1-12(17)16(18)11-13-7-9-15(10-8-13)19-14-5-3-2-4-6-14/h2-10,16,18H,11H2,1H3. The van der Waals surface area contributed by atoms with E-state index in [0.717, 1.165) is 17.1 Å². The van der Waals surface area contributed by atoms with E-state index in [4.69, 9.17) is 4.74 Å². The summed E-state index contributed by atoms with van der Waals surface area (Å²) in [7, 11) is 0. The molecule has 1 unspecified atom stereocenters. The number of aliphatic hydroxyl groups excluding tert-OH is 1. The minimum absolute atomic E-state index is 0.218. The van der Waals surface area contributed by atoms with Crippen LogP contribution in [0.15, 0.2) is 54.6 Å². The van der Waals surface area contributed by atoms with Crippen molar-refractivity contribution in [2.24, 2.45) is 0 Å². The Bertz CT molecular complexity index is 532. The molecular formula is C16H16O3. The number of carbonyl (C=O) groups is 1. The minimum Gasteiger partial charge on any atom is -0.457 e. The van der Waals surface area contributed by atoms with Gasteiger partial charge in [-0.25, -0.2) is 0 Å². The third-order valence-corrected chi connectivity index (χ3v) is 2.80. The van der Waals surface area contributed by atoms with Crippen LogP contribution in [-0.2, 0) is 11.2 Å². The summed E-state index contributed by atoms with van der Waals surface area (Å²) in [6.45, 7) is 1.39. The summed E-state index contributed by atoms with van der Waals surface area (Å²) in [5, 5.41) is 9.50. The first-order valence-corrected chi connectivity index (χ1v) is 6.15. The summed E-state index contributed by atoms with van der Waals surface area (Å²) >= 11 is 0. The number of carbonyl (C=O) groups excluding carboxylic acids is 1. The number of ether oxygens (including phenoxy) is 1. The Hall–Kier alpha value is -2.13. The maximum atomic E-state index is 11.0. The van der Waals surface area contributed by atoms with Gasteiger partial charge in [-0.1, -0.05) is 30.3 Å². The zero-order valence-corrected chi connectivity index (χ0v) is 10.7. The smallest absolute Gasteiger partial charge is 0.158 e. The summed E-state index contributed by atoms with van der Waals surface area (Å²) in [4.78, 5) is 11.0. The summed E-state index contributed by atoms with van der Waals surface area (Å²) in [5.74, 6) is 1.29. The molecule has 0 radical (unpaired) electrons. The number of hydrogen-bond donors (Lipinski definition) is 1. The first-order chi connectivity index (χ1) is 9.15. The summed E-state index contributed by atoms with van der Waals surface area (Å²) < 4.78 is 5.66. The molecule has 0 saturated carbocycles. The first-order valence-electron chi connectivity index (χ1n) is 6.15. The topological polar surface area (TPSA) is 46.5 Å². The van der Waals surface area contributed by atoms with Crippen molar-refractivity contribution in [3.8, 4) is 11.5 Å². The first kappa shape index (κ1) is 13.3. The monoisotopic (exact) mass is 256 g/mol. The summed E-state index contributed by atoms with van der Waals surface area (Å²) in [6.07, 6.45) is -0.595. The lowest BCUT2D eigenvalue weighted by Crippen LogP contribution is -2.19. The van der Waals surface area contributed by atoms with Gasteiger partial charge < -0.3 is 9.84 Å². The van der Waals surface area contributed by atoms with Crippen molar-refractivity contribution < 1.29 is 14.6 Å². The molecule has 1 N–H and O–H groups in total. The van der Waals surface area contributed by atoms with Crippen LogP contribution in [-0.4, -0.2) is 17.0 Å². The second-order valence-corrected chi connectivity index (χ2v) is 4.39. The van der Waals surface area contributed by atoms with Crippen LogP contribution >= 0.6 is 0 Å². The zero-order chi connectivity index (χ0) is 13.7. The molecule has 3 heteroatoms. The average molecular weight is 256 g/mol. The third-order valence-electron chi connectivity index (χ3n) is 2.80. The number of para-hydroxylation sites is 1. The van der Waals surface area contributed by atoms with Crippen LogP contribution in [0.3, 0.4) is 0 Å². The maximum absolute atomic E-state index is 11.0. The van der Waals surface area contributed by atoms with E-state index < -0.39 is 6.10 Å². The molecule has 0 aliphatic carbocycles. The largest absolute Gasteiger partial charge is 0.457 e. The molecule has 0 heterocycles. The van der Waals surface area contributed by atoms with E-state index in [1.165, 1.54) is 6.92 Å². The van der Waals surface area contributed by atoms with Gasteiger partial charge in [-0.3, -0.25) is 4.79 Å². The number of benzene rings is 2. The van der Waals surface area contributed by atoms with E-state index >= 15 is 0 Å². The molecule has 0 fully saturated rings. The average Bonchev–Trinajstić information content (AvgIpc) is 2.42. The number of ketones is 1. The Balaban J connectivity index is 2.01. The van der Waals surface area contributed by atoms with E-state index in [0.29, 0.717) is 6.42 Å². The van der Waals surface area contributed by atoms with Crippen LogP contribution < -0.4 is 4.74 Å². The molecule has 2 aromatic rings. The van der Waals surface area contributed by atoms with Gasteiger partial charge in [-0.2, -0.15) is 0 Å². The second kappa shape index (κ2) is 6.16. The zero-order valence-electron chi connectivity index (χ0n) is 10.7. The van der Waals surface area contributed by atoms with Gasteiger partial charge in [0.05, 0.1) is 0 Å². The molecule has 3 nitrogen and oxygen atoms in total. The molecule has 0 bridgehead atoms. The Morgan fingerprint density at radius 3 is 2.21 bits per heavy atom. The van der Waals surface area contributed by atoms with E-state index in [-0.39, 0.29) is 5.78 Å². The Labute approximate surface area is 112 Å². The molecule has 2 aromatic carbocycles. The molecule has 0 amide bonds. The van der Waals surface area contributed by atoms with Crippen LogP contribution in [0.5, 0.6) is 11.5 Å². The predicted molar refractivity (Wildman–Crippen MR) is 73.3 cm³/mol. The van der Waals surface area contributed by atoms with Crippen molar-refractivity contribution in [3.05, 3.63) is 60.2 Å². The van der Waals surface area contributed by atoms with E-state index in [1.807, 2.05) is 54.6 Å². The lowest BCUT2D eigenvalue weighted by molar-refractivity contribution is -0.124. The molecule has 0 saturated heterocycles. The van der Waals surface area contributed by atoms with Crippen LogP contribution in [0.25, 0.3) is 0 Å². The second-order valence-electron chi connectivity index (χ2n) is 4.39. The van der Waals surface area contributed by atoms with Crippen molar-refractivity contribution in [2.45, 2.75) is 19.4 Å². The molecule has 19 heavy (non-hydrogen) atoms. The van der Waals surface area contributed by atoms with E-state index in [9.17, 15) is 9.90 Å². The van der Waals surface area contributed by atoms with Crippen LogP contribution in [0, 0.1) is 0 Å². The number of hydrogen-bond acceptors (Lipinski definition) is 3. The number of aliphatic hydroxyl groups is 1. The SMILES string of the molecule is CC(=O)C(O)Cc1ccc(Oc2ccccc2)cc1. The van der Waals surface area contributed by atoms with Gasteiger partial charge >= 0.3 is 0 Å². The van der Waals surface area contributed by atoms with Gasteiger partial charge in [0.25, 0.3) is 0 Å². The molecular weight excluding hydrogens is 240 g/mol. The van der Waals surface area contributed by atoms with Gasteiger partial charge in [0, 0.05) is 6.42 Å². The minimum atomic E-state index is -0.930. The molecule has 0 spiro atoms. The number of Topliss-reactive ketones (excluding diaryl/α,β-unsaturated/α-hetero) is 1.